The van der Waals surface area contributed by atoms with Crippen LogP contribution in [-0.4, -0.2) is 29.1 Å². The molecule has 1 saturated heterocycles. The van der Waals surface area contributed by atoms with Gasteiger partial charge < -0.3 is 15.3 Å². The molecule has 1 fully saturated rings. The summed E-state index contributed by atoms with van der Waals surface area (Å²) < 4.78 is 0. The number of nitrogens with zero attached hydrogens (tertiary/aromatic N) is 1. The van der Waals surface area contributed by atoms with Crippen molar-refractivity contribution in [1.29, 1.82) is 0 Å². The zero-order valence-electron chi connectivity index (χ0n) is 12.5. The minimum atomic E-state index is -0.482. The molecular weight excluding hydrogens is 252 g/mol. The fourth-order valence-corrected chi connectivity index (χ4v) is 2.49. The fourth-order valence-electron chi connectivity index (χ4n) is 2.49. The van der Waals surface area contributed by atoms with Crippen molar-refractivity contribution in [3.05, 3.63) is 29.8 Å². The number of carbonyl (C=O) groups is 1. The van der Waals surface area contributed by atoms with Crippen LogP contribution in [0.1, 0.15) is 38.9 Å². The SMILES string of the molecule is CC(O)c1ccc(NC(=O)N2CCC(C)C(C)C2)cc1. The van der Waals surface area contributed by atoms with Crippen molar-refractivity contribution in [1.82, 2.24) is 4.90 Å². The lowest BCUT2D eigenvalue weighted by atomic mass is 9.89. The van der Waals surface area contributed by atoms with Gasteiger partial charge in [-0.3, -0.25) is 0 Å². The predicted octanol–water partition coefficient (Wildman–Crippen LogP) is 3.25. The number of aliphatic hydroxyl groups excluding tert-OH is 1. The van der Waals surface area contributed by atoms with Gasteiger partial charge in [0.15, 0.2) is 0 Å². The number of carbonyl (C=O) groups excluding carboxylic acids is 1. The van der Waals surface area contributed by atoms with Gasteiger partial charge in [-0.1, -0.05) is 26.0 Å². The van der Waals surface area contributed by atoms with Crippen molar-refractivity contribution in [2.45, 2.75) is 33.3 Å². The molecule has 0 spiro atoms. The van der Waals surface area contributed by atoms with E-state index in [2.05, 4.69) is 19.2 Å². The van der Waals surface area contributed by atoms with E-state index in [1.807, 2.05) is 29.2 Å². The number of piperidine rings is 1. The minimum absolute atomic E-state index is 0.0338. The molecule has 1 aliphatic rings. The van der Waals surface area contributed by atoms with Gasteiger partial charge in [0.1, 0.15) is 0 Å². The Morgan fingerprint density at radius 1 is 1.30 bits per heavy atom. The van der Waals surface area contributed by atoms with Gasteiger partial charge in [-0.25, -0.2) is 4.79 Å². The Morgan fingerprint density at radius 3 is 2.50 bits per heavy atom. The van der Waals surface area contributed by atoms with Crippen LogP contribution >= 0.6 is 0 Å². The van der Waals surface area contributed by atoms with E-state index >= 15 is 0 Å². The number of amides is 2. The van der Waals surface area contributed by atoms with Crippen molar-refractivity contribution >= 4 is 11.7 Å². The summed E-state index contributed by atoms with van der Waals surface area (Å²) >= 11 is 0. The van der Waals surface area contributed by atoms with E-state index in [4.69, 9.17) is 0 Å². The van der Waals surface area contributed by atoms with Crippen LogP contribution in [-0.2, 0) is 0 Å². The number of aliphatic hydroxyl groups is 1. The van der Waals surface area contributed by atoms with Gasteiger partial charge in [-0.2, -0.15) is 0 Å². The molecule has 3 atom stereocenters. The average molecular weight is 276 g/mol. The molecule has 1 aromatic rings. The molecule has 0 aliphatic carbocycles. The van der Waals surface area contributed by atoms with Crippen LogP contribution in [0, 0.1) is 11.8 Å². The Hall–Kier alpha value is -1.55. The number of benzene rings is 1. The van der Waals surface area contributed by atoms with Gasteiger partial charge in [0.25, 0.3) is 0 Å². The van der Waals surface area contributed by atoms with Crippen LogP contribution in [0.25, 0.3) is 0 Å². The van der Waals surface area contributed by atoms with Gasteiger partial charge in [0.05, 0.1) is 6.10 Å². The lowest BCUT2D eigenvalue weighted by Gasteiger charge is -2.35. The predicted molar refractivity (Wildman–Crippen MR) is 80.6 cm³/mol. The molecule has 2 N–H and O–H groups in total. The first kappa shape index (κ1) is 14.9. The molecule has 0 aromatic heterocycles. The first-order valence-corrected chi connectivity index (χ1v) is 7.31. The molecule has 3 unspecified atom stereocenters. The lowest BCUT2D eigenvalue weighted by Crippen LogP contribution is -2.44. The third kappa shape index (κ3) is 3.51. The van der Waals surface area contributed by atoms with Crippen LogP contribution in [0.3, 0.4) is 0 Å². The maximum atomic E-state index is 12.2. The Kier molecular flexibility index (Phi) is 4.65. The number of nitrogens with one attached hydrogen (secondary N) is 1. The quantitative estimate of drug-likeness (QED) is 0.871. The third-order valence-corrected chi connectivity index (χ3v) is 4.27. The molecule has 20 heavy (non-hydrogen) atoms. The van der Waals surface area contributed by atoms with Crippen LogP contribution < -0.4 is 5.32 Å². The van der Waals surface area contributed by atoms with Gasteiger partial charge in [0, 0.05) is 18.8 Å². The highest BCUT2D eigenvalue weighted by molar-refractivity contribution is 5.89. The van der Waals surface area contributed by atoms with E-state index in [1.165, 1.54) is 0 Å². The molecule has 0 bridgehead atoms. The van der Waals surface area contributed by atoms with Crippen molar-refractivity contribution in [2.24, 2.45) is 11.8 Å². The second-order valence-corrected chi connectivity index (χ2v) is 5.92. The maximum Gasteiger partial charge on any atom is 0.321 e. The lowest BCUT2D eigenvalue weighted by molar-refractivity contribution is 0.154. The van der Waals surface area contributed by atoms with E-state index in [0.717, 1.165) is 30.8 Å². The molecule has 0 saturated carbocycles. The maximum absolute atomic E-state index is 12.2. The van der Waals surface area contributed by atoms with E-state index in [1.54, 1.807) is 6.92 Å². The number of anilines is 1. The standard InChI is InChI=1S/C16H24N2O2/c1-11-8-9-18(10-12(11)2)16(20)17-15-6-4-14(5-7-15)13(3)19/h4-7,11-13,19H,8-10H2,1-3H3,(H,17,20). The Morgan fingerprint density at radius 2 is 1.95 bits per heavy atom. The monoisotopic (exact) mass is 276 g/mol. The molecule has 0 radical (unpaired) electrons. The van der Waals surface area contributed by atoms with Crippen LogP contribution in [0.5, 0.6) is 0 Å². The Bertz CT molecular complexity index is 456. The molecule has 2 amide bonds. The van der Waals surface area contributed by atoms with E-state index in [-0.39, 0.29) is 6.03 Å². The molecule has 1 heterocycles. The summed E-state index contributed by atoms with van der Waals surface area (Å²) in [4.78, 5) is 14.1. The smallest absolute Gasteiger partial charge is 0.321 e. The summed E-state index contributed by atoms with van der Waals surface area (Å²) in [6.07, 6.45) is 0.583. The van der Waals surface area contributed by atoms with Crippen molar-refractivity contribution in [3.8, 4) is 0 Å². The zero-order valence-corrected chi connectivity index (χ0v) is 12.5. The molecule has 110 valence electrons. The van der Waals surface area contributed by atoms with Crippen molar-refractivity contribution in [2.75, 3.05) is 18.4 Å². The molecule has 1 aliphatic heterocycles. The van der Waals surface area contributed by atoms with E-state index in [9.17, 15) is 9.90 Å². The van der Waals surface area contributed by atoms with E-state index in [0.29, 0.717) is 11.8 Å². The van der Waals surface area contributed by atoms with Crippen LogP contribution in [0.15, 0.2) is 24.3 Å². The summed E-state index contributed by atoms with van der Waals surface area (Å²) in [7, 11) is 0. The first-order valence-electron chi connectivity index (χ1n) is 7.31. The molecule has 2 rings (SSSR count). The fraction of sp³-hybridized carbons (Fsp3) is 0.562. The highest BCUT2D eigenvalue weighted by atomic mass is 16.3. The van der Waals surface area contributed by atoms with Gasteiger partial charge >= 0.3 is 6.03 Å². The zero-order chi connectivity index (χ0) is 14.7. The molecule has 4 heteroatoms. The Balaban J connectivity index is 1.94. The highest BCUT2D eigenvalue weighted by Crippen LogP contribution is 2.23. The minimum Gasteiger partial charge on any atom is -0.389 e. The summed E-state index contributed by atoms with van der Waals surface area (Å²) in [5.41, 5.74) is 1.62. The Labute approximate surface area is 120 Å². The molecular formula is C16H24N2O2. The summed E-state index contributed by atoms with van der Waals surface area (Å²) in [5, 5.41) is 12.4. The second kappa shape index (κ2) is 6.27. The number of urea groups is 1. The number of hydrogen-bond donors (Lipinski definition) is 2. The van der Waals surface area contributed by atoms with E-state index < -0.39 is 6.10 Å². The largest absolute Gasteiger partial charge is 0.389 e. The second-order valence-electron chi connectivity index (χ2n) is 5.92. The summed E-state index contributed by atoms with van der Waals surface area (Å²) in [6.45, 7) is 7.81. The number of rotatable bonds is 2. The van der Waals surface area contributed by atoms with Crippen LogP contribution in [0.4, 0.5) is 10.5 Å². The summed E-state index contributed by atoms with van der Waals surface area (Å²) in [6, 6.07) is 7.29. The first-order chi connectivity index (χ1) is 9.47. The molecule has 1 aromatic carbocycles. The van der Waals surface area contributed by atoms with Crippen molar-refractivity contribution < 1.29 is 9.90 Å². The number of hydrogen-bond acceptors (Lipinski definition) is 2. The summed E-state index contributed by atoms with van der Waals surface area (Å²) in [5.74, 6) is 1.23. The molecule has 4 nitrogen and oxygen atoms in total. The van der Waals surface area contributed by atoms with Crippen molar-refractivity contribution in [3.63, 3.8) is 0 Å². The van der Waals surface area contributed by atoms with Gasteiger partial charge in [0.2, 0.25) is 0 Å². The topological polar surface area (TPSA) is 52.6 Å². The van der Waals surface area contributed by atoms with Gasteiger partial charge in [-0.05, 0) is 42.9 Å². The normalized spacial score (nSPS) is 24.3. The number of likely N-dealkylation sites (tertiary alicyclic amines) is 1. The van der Waals surface area contributed by atoms with Gasteiger partial charge in [-0.15, -0.1) is 0 Å². The third-order valence-electron chi connectivity index (χ3n) is 4.27. The van der Waals surface area contributed by atoms with Crippen LogP contribution in [0.2, 0.25) is 0 Å². The highest BCUT2D eigenvalue weighted by Gasteiger charge is 2.25. The average Bonchev–Trinajstić information content (AvgIpc) is 2.42.